The van der Waals surface area contributed by atoms with Crippen LogP contribution in [0.2, 0.25) is 10.0 Å². The number of hydrogen-bond acceptors (Lipinski definition) is 5. The van der Waals surface area contributed by atoms with E-state index in [2.05, 4.69) is 15.8 Å². The topological polar surface area (TPSA) is 100 Å². The number of hydrogen-bond donors (Lipinski definition) is 3. The van der Waals surface area contributed by atoms with Gasteiger partial charge in [-0.2, -0.15) is 5.10 Å². The van der Waals surface area contributed by atoms with Gasteiger partial charge in [0.2, 0.25) is 12.1 Å². The molecule has 1 heterocycles. The van der Waals surface area contributed by atoms with Crippen molar-refractivity contribution < 1.29 is 28.2 Å². The summed E-state index contributed by atoms with van der Waals surface area (Å²) in [4.78, 5) is 24.2. The fourth-order valence-corrected chi connectivity index (χ4v) is 3.83. The number of carboxylic acid groups (broad SMARTS) is 1. The largest absolute Gasteiger partial charge is 0.478 e. The summed E-state index contributed by atoms with van der Waals surface area (Å²) in [6.45, 7) is 0. The summed E-state index contributed by atoms with van der Waals surface area (Å²) >= 11 is 11.9. The monoisotopic (exact) mass is 483 g/mol. The van der Waals surface area contributed by atoms with Crippen molar-refractivity contribution in [1.82, 2.24) is 10.7 Å². The second-order valence-corrected chi connectivity index (χ2v) is 8.33. The van der Waals surface area contributed by atoms with E-state index in [9.17, 15) is 18.4 Å². The SMILES string of the molecule is O=C(O)c1ccc(C2(NC(=O)C3C(C(F)F)=NNC3Oc3ccc(Cl)c(Cl)c3)CC2)cc1. The van der Waals surface area contributed by atoms with Gasteiger partial charge in [-0.1, -0.05) is 35.3 Å². The number of benzene rings is 2. The number of alkyl halides is 2. The highest BCUT2D eigenvalue weighted by Crippen LogP contribution is 2.46. The van der Waals surface area contributed by atoms with Crippen LogP contribution in [-0.4, -0.2) is 35.3 Å². The van der Waals surface area contributed by atoms with Crippen LogP contribution in [0.3, 0.4) is 0 Å². The molecular formula is C21H17Cl2F2N3O4. The second-order valence-electron chi connectivity index (χ2n) is 7.51. The molecule has 0 saturated heterocycles. The summed E-state index contributed by atoms with van der Waals surface area (Å²) in [6.07, 6.45) is -2.97. The summed E-state index contributed by atoms with van der Waals surface area (Å²) < 4.78 is 32.8. The Labute approximate surface area is 191 Å². The van der Waals surface area contributed by atoms with Crippen molar-refractivity contribution in [2.75, 3.05) is 0 Å². The van der Waals surface area contributed by atoms with E-state index in [1.54, 1.807) is 12.1 Å². The molecule has 2 aliphatic rings. The third-order valence-electron chi connectivity index (χ3n) is 5.40. The van der Waals surface area contributed by atoms with Gasteiger partial charge in [-0.3, -0.25) is 10.2 Å². The molecule has 0 radical (unpaired) electrons. The number of carboxylic acids is 1. The fraction of sp³-hybridized carbons (Fsp3) is 0.286. The Morgan fingerprint density at radius 2 is 1.84 bits per heavy atom. The standard InChI is InChI=1S/C21H17Cl2F2N3O4/c22-13-6-5-12(9-14(13)23)32-19-15(16(17(24)25)27-28-19)18(29)26-21(7-8-21)11-3-1-10(2-4-11)20(30)31/h1-6,9,15,17,19,28H,7-8H2,(H,26,29)(H,30,31). The quantitative estimate of drug-likeness (QED) is 0.551. The molecule has 11 heteroatoms. The van der Waals surface area contributed by atoms with Crippen LogP contribution < -0.4 is 15.5 Å². The van der Waals surface area contributed by atoms with Crippen LogP contribution in [0.25, 0.3) is 0 Å². The maximum absolute atomic E-state index is 13.6. The molecule has 1 aliphatic carbocycles. The number of hydrazone groups is 1. The van der Waals surface area contributed by atoms with Crippen LogP contribution in [-0.2, 0) is 10.3 Å². The second kappa shape index (κ2) is 8.55. The van der Waals surface area contributed by atoms with Gasteiger partial charge in [0.05, 0.1) is 21.1 Å². The number of amides is 1. The number of ether oxygens (including phenoxy) is 1. The number of aromatic carboxylic acids is 1. The van der Waals surface area contributed by atoms with E-state index >= 15 is 0 Å². The normalized spacial score (nSPS) is 21.0. The molecule has 4 rings (SSSR count). The van der Waals surface area contributed by atoms with E-state index in [0.717, 1.165) is 0 Å². The van der Waals surface area contributed by atoms with E-state index in [4.69, 9.17) is 33.0 Å². The Bertz CT molecular complexity index is 1090. The average molecular weight is 484 g/mol. The van der Waals surface area contributed by atoms with Crippen LogP contribution in [0.1, 0.15) is 28.8 Å². The lowest BCUT2D eigenvalue weighted by Crippen LogP contribution is -2.49. The molecule has 1 fully saturated rings. The zero-order valence-electron chi connectivity index (χ0n) is 16.3. The number of nitrogens with one attached hydrogen (secondary N) is 2. The highest BCUT2D eigenvalue weighted by molar-refractivity contribution is 6.42. The van der Waals surface area contributed by atoms with Crippen molar-refractivity contribution in [2.45, 2.75) is 31.0 Å². The Hall–Kier alpha value is -2.91. The Morgan fingerprint density at radius 1 is 1.16 bits per heavy atom. The van der Waals surface area contributed by atoms with Crippen molar-refractivity contribution in [2.24, 2.45) is 11.0 Å². The van der Waals surface area contributed by atoms with Gasteiger partial charge < -0.3 is 15.2 Å². The minimum atomic E-state index is -2.97. The molecule has 2 aromatic rings. The highest BCUT2D eigenvalue weighted by Gasteiger charge is 2.50. The molecule has 32 heavy (non-hydrogen) atoms. The maximum Gasteiger partial charge on any atom is 0.335 e. The third-order valence-corrected chi connectivity index (χ3v) is 6.14. The minimum Gasteiger partial charge on any atom is -0.478 e. The maximum atomic E-state index is 13.6. The van der Waals surface area contributed by atoms with E-state index in [1.807, 2.05) is 0 Å². The number of nitrogens with zero attached hydrogens (tertiary/aromatic N) is 1. The van der Waals surface area contributed by atoms with E-state index < -0.39 is 41.7 Å². The van der Waals surface area contributed by atoms with E-state index in [0.29, 0.717) is 23.4 Å². The van der Waals surface area contributed by atoms with Crippen molar-refractivity contribution in [1.29, 1.82) is 0 Å². The predicted octanol–water partition coefficient (Wildman–Crippen LogP) is 4.04. The van der Waals surface area contributed by atoms with Crippen molar-refractivity contribution >= 4 is 40.8 Å². The lowest BCUT2D eigenvalue weighted by Gasteiger charge is -2.25. The molecule has 7 nitrogen and oxygen atoms in total. The van der Waals surface area contributed by atoms with Gasteiger partial charge >= 0.3 is 5.97 Å². The molecule has 2 unspecified atom stereocenters. The summed E-state index contributed by atoms with van der Waals surface area (Å²) in [5.41, 5.74) is 1.87. The number of carbonyl (C=O) groups excluding carboxylic acids is 1. The first-order valence-electron chi connectivity index (χ1n) is 9.59. The Morgan fingerprint density at radius 3 is 2.41 bits per heavy atom. The molecule has 0 spiro atoms. The van der Waals surface area contributed by atoms with Crippen LogP contribution in [0, 0.1) is 5.92 Å². The molecular weight excluding hydrogens is 467 g/mol. The van der Waals surface area contributed by atoms with Gasteiger partial charge in [-0.05, 0) is 42.7 Å². The number of halogens is 4. The summed E-state index contributed by atoms with van der Waals surface area (Å²) in [6, 6.07) is 10.5. The highest BCUT2D eigenvalue weighted by atomic mass is 35.5. The smallest absolute Gasteiger partial charge is 0.335 e. The fourth-order valence-electron chi connectivity index (χ4n) is 3.54. The first-order chi connectivity index (χ1) is 15.2. The Balaban J connectivity index is 1.54. The molecule has 168 valence electrons. The van der Waals surface area contributed by atoms with Gasteiger partial charge in [0.1, 0.15) is 17.4 Å². The zero-order chi connectivity index (χ0) is 23.0. The number of rotatable bonds is 7. The summed E-state index contributed by atoms with van der Waals surface area (Å²) in [5, 5.41) is 16.0. The van der Waals surface area contributed by atoms with Gasteiger partial charge in [0.15, 0.2) is 0 Å². The lowest BCUT2D eigenvalue weighted by atomic mass is 9.98. The van der Waals surface area contributed by atoms with Crippen LogP contribution >= 0.6 is 23.2 Å². The molecule has 3 N–H and O–H groups in total. The summed E-state index contributed by atoms with van der Waals surface area (Å²) in [5.74, 6) is -2.91. The molecule has 0 bridgehead atoms. The molecule has 1 saturated carbocycles. The van der Waals surface area contributed by atoms with Crippen molar-refractivity contribution in [3.05, 3.63) is 63.6 Å². The van der Waals surface area contributed by atoms with E-state index in [-0.39, 0.29) is 16.3 Å². The third kappa shape index (κ3) is 4.35. The minimum absolute atomic E-state index is 0.109. The van der Waals surface area contributed by atoms with E-state index in [1.165, 1.54) is 30.3 Å². The van der Waals surface area contributed by atoms with Gasteiger partial charge in [0.25, 0.3) is 6.43 Å². The van der Waals surface area contributed by atoms with Gasteiger partial charge in [0, 0.05) is 6.07 Å². The Kier molecular flexibility index (Phi) is 5.96. The molecule has 2 atom stereocenters. The average Bonchev–Trinajstić information content (AvgIpc) is 3.40. The van der Waals surface area contributed by atoms with Crippen molar-refractivity contribution in [3.8, 4) is 5.75 Å². The van der Waals surface area contributed by atoms with Crippen molar-refractivity contribution in [3.63, 3.8) is 0 Å². The first-order valence-corrected chi connectivity index (χ1v) is 10.3. The van der Waals surface area contributed by atoms with Gasteiger partial charge in [-0.25, -0.2) is 13.6 Å². The first kappa shape index (κ1) is 22.3. The van der Waals surface area contributed by atoms with Crippen LogP contribution in [0.4, 0.5) is 8.78 Å². The van der Waals surface area contributed by atoms with Gasteiger partial charge in [-0.15, -0.1) is 0 Å². The molecule has 2 aromatic carbocycles. The molecule has 1 aliphatic heterocycles. The lowest BCUT2D eigenvalue weighted by molar-refractivity contribution is -0.126. The molecule has 1 amide bonds. The van der Waals surface area contributed by atoms with Crippen LogP contribution in [0.5, 0.6) is 5.75 Å². The number of carbonyl (C=O) groups is 2. The summed E-state index contributed by atoms with van der Waals surface area (Å²) in [7, 11) is 0. The van der Waals surface area contributed by atoms with Crippen LogP contribution in [0.15, 0.2) is 47.6 Å². The molecule has 0 aromatic heterocycles. The zero-order valence-corrected chi connectivity index (χ0v) is 17.8. The predicted molar refractivity (Wildman–Crippen MR) is 113 cm³/mol.